The van der Waals surface area contributed by atoms with Crippen LogP contribution in [-0.4, -0.2) is 9.97 Å². The van der Waals surface area contributed by atoms with Gasteiger partial charge in [-0.05, 0) is 44.7 Å². The first kappa shape index (κ1) is 27.5. The largest absolute Gasteiger partial charge is 0.455 e. The molecule has 0 aliphatic carbocycles. The van der Waals surface area contributed by atoms with Crippen molar-refractivity contribution >= 4 is 54.5 Å². The van der Waals surface area contributed by atoms with Crippen molar-refractivity contribution in [2.45, 2.75) is 0 Å². The van der Waals surface area contributed by atoms with Gasteiger partial charge in [0.1, 0.15) is 11.2 Å². The molecule has 10 rings (SSSR count). The summed E-state index contributed by atoms with van der Waals surface area (Å²) in [5.74, 6) is 0. The lowest BCUT2D eigenvalue weighted by molar-refractivity contribution is 0.670. The fraction of sp³-hybridized carbons (Fsp3) is 0. The molecule has 0 spiro atoms. The molecular formula is C46H28N2O. The van der Waals surface area contributed by atoms with Crippen LogP contribution >= 0.6 is 0 Å². The summed E-state index contributed by atoms with van der Waals surface area (Å²) in [6, 6.07) is 57.6. The summed E-state index contributed by atoms with van der Waals surface area (Å²) in [7, 11) is 0. The molecule has 3 heteroatoms. The monoisotopic (exact) mass is 624 g/mol. The third-order valence-electron chi connectivity index (χ3n) is 9.76. The number of hydrogen-bond acceptors (Lipinski definition) is 3. The van der Waals surface area contributed by atoms with Crippen LogP contribution in [0.3, 0.4) is 0 Å². The van der Waals surface area contributed by atoms with Gasteiger partial charge >= 0.3 is 0 Å². The van der Waals surface area contributed by atoms with E-state index in [2.05, 4.69) is 152 Å². The molecule has 0 radical (unpaired) electrons. The normalized spacial score (nSPS) is 11.7. The van der Waals surface area contributed by atoms with Gasteiger partial charge in [0.2, 0.25) is 0 Å². The maximum Gasteiger partial charge on any atom is 0.143 e. The topological polar surface area (TPSA) is 38.9 Å². The van der Waals surface area contributed by atoms with E-state index in [4.69, 9.17) is 14.4 Å². The molecule has 0 fully saturated rings. The SMILES string of the molecule is c1ccc(-c2cnc3c4ccccc4c4ccccc4c3n2)c(-c2ccc(-c3ccccc3-c3cccc4c3oc3ccccc34)cc2)c1. The molecule has 49 heavy (non-hydrogen) atoms. The zero-order valence-corrected chi connectivity index (χ0v) is 26.5. The first-order valence-electron chi connectivity index (χ1n) is 16.6. The van der Waals surface area contributed by atoms with Crippen molar-refractivity contribution in [3.05, 3.63) is 170 Å². The Balaban J connectivity index is 1.07. The minimum absolute atomic E-state index is 0.858. The Morgan fingerprint density at radius 3 is 1.53 bits per heavy atom. The summed E-state index contributed by atoms with van der Waals surface area (Å²) in [4.78, 5) is 10.3. The van der Waals surface area contributed by atoms with Gasteiger partial charge in [-0.3, -0.25) is 4.98 Å². The molecule has 0 saturated carbocycles. The zero-order chi connectivity index (χ0) is 32.3. The van der Waals surface area contributed by atoms with E-state index in [0.717, 1.165) is 88.4 Å². The predicted molar refractivity (Wildman–Crippen MR) is 204 cm³/mol. The van der Waals surface area contributed by atoms with E-state index in [9.17, 15) is 0 Å². The Hall–Kier alpha value is -6.58. The molecule has 228 valence electrons. The van der Waals surface area contributed by atoms with Crippen molar-refractivity contribution in [2.75, 3.05) is 0 Å². The zero-order valence-electron chi connectivity index (χ0n) is 26.5. The van der Waals surface area contributed by atoms with E-state index < -0.39 is 0 Å². The number of aromatic nitrogens is 2. The number of fused-ring (bicyclic) bond motifs is 9. The Kier molecular flexibility index (Phi) is 6.18. The quantitative estimate of drug-likeness (QED) is 0.183. The van der Waals surface area contributed by atoms with Crippen LogP contribution < -0.4 is 0 Å². The summed E-state index contributed by atoms with van der Waals surface area (Å²) in [6.07, 6.45) is 1.92. The van der Waals surface area contributed by atoms with Crippen LogP contribution in [0.25, 0.3) is 99.2 Å². The fourth-order valence-electron chi connectivity index (χ4n) is 7.47. The van der Waals surface area contributed by atoms with Gasteiger partial charge < -0.3 is 4.42 Å². The Labute approximate surface area is 282 Å². The van der Waals surface area contributed by atoms with Gasteiger partial charge in [-0.25, -0.2) is 4.98 Å². The number of rotatable bonds is 4. The molecule has 2 heterocycles. The highest BCUT2D eigenvalue weighted by Gasteiger charge is 2.17. The van der Waals surface area contributed by atoms with E-state index in [1.54, 1.807) is 0 Å². The lowest BCUT2D eigenvalue weighted by Gasteiger charge is -2.14. The summed E-state index contributed by atoms with van der Waals surface area (Å²) < 4.78 is 6.42. The number of benzene rings is 8. The van der Waals surface area contributed by atoms with Gasteiger partial charge in [0.15, 0.2) is 0 Å². The molecule has 0 amide bonds. The van der Waals surface area contributed by atoms with Gasteiger partial charge in [0.25, 0.3) is 0 Å². The molecule has 8 aromatic carbocycles. The summed E-state index contributed by atoms with van der Waals surface area (Å²) in [5, 5.41) is 6.90. The first-order valence-corrected chi connectivity index (χ1v) is 16.6. The van der Waals surface area contributed by atoms with Crippen molar-refractivity contribution in [2.24, 2.45) is 0 Å². The number of furan rings is 1. The number of hydrogen-bond donors (Lipinski definition) is 0. The fourth-order valence-corrected chi connectivity index (χ4v) is 7.47. The average molecular weight is 625 g/mol. The smallest absolute Gasteiger partial charge is 0.143 e. The maximum atomic E-state index is 6.42. The maximum absolute atomic E-state index is 6.42. The minimum Gasteiger partial charge on any atom is -0.455 e. The molecular weight excluding hydrogens is 597 g/mol. The molecule has 10 aromatic rings. The second-order valence-corrected chi connectivity index (χ2v) is 12.5. The predicted octanol–water partition coefficient (Wildman–Crippen LogP) is 12.5. The highest BCUT2D eigenvalue weighted by atomic mass is 16.3. The highest BCUT2D eigenvalue weighted by molar-refractivity contribution is 6.23. The van der Waals surface area contributed by atoms with Crippen LogP contribution in [0.4, 0.5) is 0 Å². The van der Waals surface area contributed by atoms with E-state index in [1.807, 2.05) is 18.3 Å². The van der Waals surface area contributed by atoms with Crippen LogP contribution in [0.5, 0.6) is 0 Å². The number of nitrogens with zero attached hydrogens (tertiary/aromatic N) is 2. The standard InChI is InChI=1S/C46H28N2O/c1-3-14-33(40-21-11-22-41-37-18-9-10-23-43(37)49-46(40)41)31(12-1)29-24-26-30(27-25-29)32-13-2-6-17-36(32)42-28-47-44-38-19-7-4-15-34(38)35-16-5-8-20-39(35)45(44)48-42/h1-28H. The van der Waals surface area contributed by atoms with Crippen LogP contribution in [-0.2, 0) is 0 Å². The van der Waals surface area contributed by atoms with E-state index >= 15 is 0 Å². The van der Waals surface area contributed by atoms with Crippen LogP contribution in [0.1, 0.15) is 0 Å². The third-order valence-corrected chi connectivity index (χ3v) is 9.76. The van der Waals surface area contributed by atoms with Crippen molar-refractivity contribution in [3.63, 3.8) is 0 Å². The second-order valence-electron chi connectivity index (χ2n) is 12.5. The Bertz CT molecular complexity index is 2850. The summed E-state index contributed by atoms with van der Waals surface area (Å²) in [5.41, 5.74) is 12.4. The van der Waals surface area contributed by atoms with E-state index in [0.29, 0.717) is 0 Å². The van der Waals surface area contributed by atoms with Crippen molar-refractivity contribution < 1.29 is 4.42 Å². The van der Waals surface area contributed by atoms with Crippen molar-refractivity contribution in [1.29, 1.82) is 0 Å². The molecule has 0 saturated heterocycles. The molecule has 0 atom stereocenters. The average Bonchev–Trinajstić information content (AvgIpc) is 3.57. The van der Waals surface area contributed by atoms with Gasteiger partial charge in [-0.1, -0.05) is 158 Å². The highest BCUT2D eigenvalue weighted by Crippen LogP contribution is 2.41. The van der Waals surface area contributed by atoms with E-state index in [1.165, 1.54) is 10.8 Å². The Morgan fingerprint density at radius 2 is 0.837 bits per heavy atom. The molecule has 0 bridgehead atoms. The van der Waals surface area contributed by atoms with Crippen LogP contribution in [0, 0.1) is 0 Å². The van der Waals surface area contributed by atoms with Gasteiger partial charge in [0, 0.05) is 32.7 Å². The minimum atomic E-state index is 0.858. The molecule has 2 aromatic heterocycles. The molecule has 0 N–H and O–H groups in total. The third kappa shape index (κ3) is 4.37. The van der Waals surface area contributed by atoms with E-state index in [-0.39, 0.29) is 0 Å². The summed E-state index contributed by atoms with van der Waals surface area (Å²) >= 11 is 0. The van der Waals surface area contributed by atoms with Crippen molar-refractivity contribution in [3.8, 4) is 44.6 Å². The lowest BCUT2D eigenvalue weighted by atomic mass is 9.91. The van der Waals surface area contributed by atoms with Gasteiger partial charge in [-0.15, -0.1) is 0 Å². The van der Waals surface area contributed by atoms with Gasteiger partial charge in [0.05, 0.1) is 22.9 Å². The summed E-state index contributed by atoms with van der Waals surface area (Å²) in [6.45, 7) is 0. The Morgan fingerprint density at radius 1 is 0.347 bits per heavy atom. The number of para-hydroxylation sites is 2. The molecule has 0 unspecified atom stereocenters. The van der Waals surface area contributed by atoms with Gasteiger partial charge in [-0.2, -0.15) is 0 Å². The lowest BCUT2D eigenvalue weighted by Crippen LogP contribution is -1.94. The van der Waals surface area contributed by atoms with Crippen LogP contribution in [0.15, 0.2) is 174 Å². The first-order chi connectivity index (χ1) is 24.3. The van der Waals surface area contributed by atoms with Crippen LogP contribution in [0.2, 0.25) is 0 Å². The van der Waals surface area contributed by atoms with Crippen molar-refractivity contribution in [1.82, 2.24) is 9.97 Å². The second kappa shape index (κ2) is 11.0. The molecule has 0 aliphatic heterocycles. The molecule has 3 nitrogen and oxygen atoms in total. The molecule has 0 aliphatic rings.